The Bertz CT molecular complexity index is 1180. The molecule has 0 aliphatic carbocycles. The minimum Gasteiger partial charge on any atom is -0.345 e. The van der Waals surface area contributed by atoms with Crippen molar-refractivity contribution >= 4 is 40.1 Å². The highest BCUT2D eigenvalue weighted by Gasteiger charge is 2.14. The maximum atomic E-state index is 13.2. The van der Waals surface area contributed by atoms with E-state index in [-0.39, 0.29) is 17.5 Å². The van der Waals surface area contributed by atoms with Crippen molar-refractivity contribution < 1.29 is 9.18 Å². The fourth-order valence-electron chi connectivity index (χ4n) is 2.95. The van der Waals surface area contributed by atoms with Crippen LogP contribution in [-0.4, -0.2) is 22.1 Å². The Labute approximate surface area is 177 Å². The number of para-hydroxylation sites is 1. The number of carbonyl (C=O) groups excluding carboxylic acids is 1. The molecule has 0 saturated carbocycles. The van der Waals surface area contributed by atoms with Crippen LogP contribution >= 0.6 is 11.8 Å². The summed E-state index contributed by atoms with van der Waals surface area (Å²) in [6.45, 7) is 0.379. The number of hydrogen-bond donors (Lipinski definition) is 2. The monoisotopic (exact) mass is 418 g/mol. The van der Waals surface area contributed by atoms with Crippen LogP contribution in [0, 0.1) is 5.82 Å². The van der Waals surface area contributed by atoms with Gasteiger partial charge in [-0.1, -0.05) is 24.3 Å². The van der Waals surface area contributed by atoms with E-state index < -0.39 is 0 Å². The van der Waals surface area contributed by atoms with Gasteiger partial charge < -0.3 is 10.6 Å². The third-order valence-corrected chi connectivity index (χ3v) is 5.27. The molecule has 3 aromatic carbocycles. The molecule has 0 saturated heterocycles. The third kappa shape index (κ3) is 4.58. The topological polar surface area (TPSA) is 66.9 Å². The number of nitrogens with zero attached hydrogens (tertiary/aromatic N) is 2. The van der Waals surface area contributed by atoms with Crippen molar-refractivity contribution in [1.29, 1.82) is 0 Å². The second kappa shape index (κ2) is 8.92. The summed E-state index contributed by atoms with van der Waals surface area (Å²) in [5, 5.41) is 6.79. The average molecular weight is 418 g/mol. The van der Waals surface area contributed by atoms with E-state index in [1.54, 1.807) is 23.9 Å². The van der Waals surface area contributed by atoms with Crippen molar-refractivity contribution in [3.05, 3.63) is 90.0 Å². The molecule has 0 spiro atoms. The lowest BCUT2D eigenvalue weighted by Gasteiger charge is -2.11. The first-order valence-electron chi connectivity index (χ1n) is 9.33. The molecule has 0 fully saturated rings. The molecule has 1 amide bonds. The van der Waals surface area contributed by atoms with Crippen LogP contribution in [0.2, 0.25) is 0 Å². The van der Waals surface area contributed by atoms with Crippen molar-refractivity contribution in [2.75, 3.05) is 11.6 Å². The number of fused-ring (bicyclic) bond motifs is 1. The minimum atomic E-state index is -0.364. The summed E-state index contributed by atoms with van der Waals surface area (Å²) in [7, 11) is 0. The molecule has 7 heteroatoms. The van der Waals surface area contributed by atoms with Crippen molar-refractivity contribution in [1.82, 2.24) is 15.3 Å². The van der Waals surface area contributed by atoms with Gasteiger partial charge in [-0.25, -0.2) is 14.4 Å². The number of hydrogen-bond acceptors (Lipinski definition) is 5. The first-order valence-corrected chi connectivity index (χ1v) is 10.6. The van der Waals surface area contributed by atoms with Crippen LogP contribution in [0.15, 0.2) is 77.7 Å². The van der Waals surface area contributed by atoms with E-state index in [0.717, 1.165) is 10.9 Å². The molecule has 1 aromatic heterocycles. The van der Waals surface area contributed by atoms with E-state index in [1.165, 1.54) is 17.0 Å². The first kappa shape index (κ1) is 19.8. The normalized spacial score (nSPS) is 10.7. The Kier molecular flexibility index (Phi) is 5.90. The maximum Gasteiger partial charge on any atom is 0.289 e. The van der Waals surface area contributed by atoms with Crippen molar-refractivity contribution in [3.63, 3.8) is 0 Å². The first-order chi connectivity index (χ1) is 14.6. The van der Waals surface area contributed by atoms with Crippen LogP contribution in [0.25, 0.3) is 10.9 Å². The lowest BCUT2D eigenvalue weighted by molar-refractivity contribution is 0.0941. The molecular formula is C23H19FN4OS. The van der Waals surface area contributed by atoms with E-state index in [0.29, 0.717) is 23.6 Å². The molecule has 0 aliphatic heterocycles. The summed E-state index contributed by atoms with van der Waals surface area (Å²) in [5.41, 5.74) is 2.30. The van der Waals surface area contributed by atoms with Gasteiger partial charge in [0.1, 0.15) is 11.6 Å². The molecule has 2 N–H and O–H groups in total. The highest BCUT2D eigenvalue weighted by atomic mass is 32.2. The van der Waals surface area contributed by atoms with Gasteiger partial charge in [0.25, 0.3) is 5.91 Å². The molecule has 0 unspecified atom stereocenters. The Morgan fingerprint density at radius 2 is 1.70 bits per heavy atom. The van der Waals surface area contributed by atoms with Gasteiger partial charge in [0.15, 0.2) is 0 Å². The summed E-state index contributed by atoms with van der Waals surface area (Å²) in [6, 6.07) is 21.4. The number of anilines is 2. The predicted octanol–water partition coefficient (Wildman–Crippen LogP) is 5.16. The Morgan fingerprint density at radius 1 is 0.967 bits per heavy atom. The maximum absolute atomic E-state index is 13.2. The standard InChI is InChI=1S/C23H19FN4OS/c1-30-18-12-6-15(7-13-18)14-25-23(29)22-27-20-5-3-2-4-19(20)21(28-22)26-17-10-8-16(24)9-11-17/h2-13H,14H2,1H3,(H,25,29)(H,26,27,28). The van der Waals surface area contributed by atoms with Crippen molar-refractivity contribution in [2.45, 2.75) is 11.4 Å². The molecule has 4 aromatic rings. The van der Waals surface area contributed by atoms with Gasteiger partial charge in [-0.15, -0.1) is 11.8 Å². The minimum absolute atomic E-state index is 0.0686. The van der Waals surface area contributed by atoms with Crippen LogP contribution in [-0.2, 0) is 6.54 Å². The molecule has 0 bridgehead atoms. The van der Waals surface area contributed by atoms with E-state index in [2.05, 4.69) is 20.6 Å². The van der Waals surface area contributed by atoms with Gasteiger partial charge in [-0.3, -0.25) is 4.79 Å². The average Bonchev–Trinajstić information content (AvgIpc) is 2.79. The van der Waals surface area contributed by atoms with E-state index >= 15 is 0 Å². The fraction of sp³-hybridized carbons (Fsp3) is 0.0870. The van der Waals surface area contributed by atoms with E-state index in [4.69, 9.17) is 0 Å². The quantitative estimate of drug-likeness (QED) is 0.423. The van der Waals surface area contributed by atoms with Gasteiger partial charge in [0.05, 0.1) is 5.52 Å². The van der Waals surface area contributed by atoms with Crippen LogP contribution in [0.4, 0.5) is 15.9 Å². The summed E-state index contributed by atoms with van der Waals surface area (Å²) < 4.78 is 13.2. The van der Waals surface area contributed by atoms with Gasteiger partial charge in [0.2, 0.25) is 5.82 Å². The van der Waals surface area contributed by atoms with E-state index in [1.807, 2.05) is 54.8 Å². The molecule has 0 atom stereocenters. The third-order valence-electron chi connectivity index (χ3n) is 4.53. The SMILES string of the molecule is CSc1ccc(CNC(=O)c2nc(Nc3ccc(F)cc3)c3ccccc3n2)cc1. The summed E-state index contributed by atoms with van der Waals surface area (Å²) >= 11 is 1.67. The zero-order valence-electron chi connectivity index (χ0n) is 16.2. The zero-order valence-corrected chi connectivity index (χ0v) is 17.0. The number of benzene rings is 3. The van der Waals surface area contributed by atoms with Crippen molar-refractivity contribution in [3.8, 4) is 0 Å². The van der Waals surface area contributed by atoms with Crippen LogP contribution in [0.3, 0.4) is 0 Å². The largest absolute Gasteiger partial charge is 0.345 e. The lowest BCUT2D eigenvalue weighted by Crippen LogP contribution is -2.25. The van der Waals surface area contributed by atoms with Gasteiger partial charge >= 0.3 is 0 Å². The Morgan fingerprint density at radius 3 is 2.43 bits per heavy atom. The number of carbonyl (C=O) groups is 1. The number of aromatic nitrogens is 2. The number of amides is 1. The number of nitrogens with one attached hydrogen (secondary N) is 2. The fourth-order valence-corrected chi connectivity index (χ4v) is 3.36. The number of halogens is 1. The summed E-state index contributed by atoms with van der Waals surface area (Å²) in [6.07, 6.45) is 2.02. The molecule has 1 heterocycles. The zero-order chi connectivity index (χ0) is 20.9. The molecule has 5 nitrogen and oxygen atoms in total. The molecule has 150 valence electrons. The lowest BCUT2D eigenvalue weighted by atomic mass is 10.2. The highest BCUT2D eigenvalue weighted by Crippen LogP contribution is 2.24. The van der Waals surface area contributed by atoms with Gasteiger partial charge in [-0.05, 0) is 60.4 Å². The second-order valence-electron chi connectivity index (χ2n) is 6.58. The number of thioether (sulfide) groups is 1. The molecule has 4 rings (SSSR count). The number of rotatable bonds is 6. The van der Waals surface area contributed by atoms with Gasteiger partial charge in [-0.2, -0.15) is 0 Å². The van der Waals surface area contributed by atoms with Crippen molar-refractivity contribution in [2.24, 2.45) is 0 Å². The molecule has 0 aliphatic rings. The van der Waals surface area contributed by atoms with Crippen LogP contribution in [0.5, 0.6) is 0 Å². The molecule has 0 radical (unpaired) electrons. The Balaban J connectivity index is 1.58. The second-order valence-corrected chi connectivity index (χ2v) is 7.46. The van der Waals surface area contributed by atoms with Gasteiger partial charge in [0, 0.05) is 22.5 Å². The smallest absolute Gasteiger partial charge is 0.289 e. The predicted molar refractivity (Wildman–Crippen MR) is 119 cm³/mol. The highest BCUT2D eigenvalue weighted by molar-refractivity contribution is 7.98. The van der Waals surface area contributed by atoms with Crippen LogP contribution < -0.4 is 10.6 Å². The summed E-state index contributed by atoms with van der Waals surface area (Å²) in [5.74, 6) is -0.128. The molecule has 30 heavy (non-hydrogen) atoms. The van der Waals surface area contributed by atoms with Crippen LogP contribution in [0.1, 0.15) is 16.2 Å². The Hall–Kier alpha value is -3.45. The van der Waals surface area contributed by atoms with E-state index in [9.17, 15) is 9.18 Å². The molecular weight excluding hydrogens is 399 g/mol. The summed E-state index contributed by atoms with van der Waals surface area (Å²) in [4.78, 5) is 22.7.